The highest BCUT2D eigenvalue weighted by Crippen LogP contribution is 2.29. The van der Waals surface area contributed by atoms with Gasteiger partial charge in [-0.1, -0.05) is 0 Å². The fourth-order valence-electron chi connectivity index (χ4n) is 1.14. The van der Waals surface area contributed by atoms with E-state index in [-0.39, 0.29) is 0 Å². The molecule has 0 saturated carbocycles. The number of benzene rings is 1. The van der Waals surface area contributed by atoms with Crippen molar-refractivity contribution in [2.24, 2.45) is 0 Å². The molecule has 0 spiro atoms. The number of anilines is 1. The summed E-state index contributed by atoms with van der Waals surface area (Å²) in [7, 11) is -1.65. The Morgan fingerprint density at radius 1 is 1.24 bits per heavy atom. The monoisotopic (exact) mass is 261 g/mol. The molecule has 1 N–H and O–H groups in total. The van der Waals surface area contributed by atoms with Gasteiger partial charge in [0.1, 0.15) is 0 Å². The van der Waals surface area contributed by atoms with Gasteiger partial charge in [-0.15, -0.1) is 3.89 Å². The average molecular weight is 261 g/mol. The summed E-state index contributed by atoms with van der Waals surface area (Å²) in [5.74, 6) is 1.02. The fourth-order valence-corrected chi connectivity index (χ4v) is 1.37. The van der Waals surface area contributed by atoms with E-state index in [0.29, 0.717) is 22.6 Å². The third-order valence-corrected chi connectivity index (χ3v) is 2.33. The Kier molecular flexibility index (Phi) is 4.33. The van der Waals surface area contributed by atoms with E-state index < -0.39 is 10.2 Å². The number of nitrogens with one attached hydrogen (secondary N) is 1. The molecule has 1 aromatic rings. The van der Waals surface area contributed by atoms with Crippen molar-refractivity contribution in [3.8, 4) is 11.5 Å². The molecule has 0 aliphatic rings. The van der Waals surface area contributed by atoms with E-state index >= 15 is 0 Å². The summed E-state index contributed by atoms with van der Waals surface area (Å²) in [6.07, 6.45) is 0.983. The molecule has 5 nitrogen and oxygen atoms in total. The lowest BCUT2D eigenvalue weighted by atomic mass is 10.3. The Labute approximate surface area is 99.1 Å². The molecule has 0 atom stereocenters. The molecule has 0 aliphatic carbocycles. The number of rotatable bonds is 5. The molecule has 7 heteroatoms. The van der Waals surface area contributed by atoms with Crippen LogP contribution in [0.4, 0.5) is 9.57 Å². The van der Waals surface area contributed by atoms with Crippen molar-refractivity contribution in [1.82, 2.24) is 0 Å². The zero-order valence-electron chi connectivity index (χ0n) is 9.31. The lowest BCUT2D eigenvalue weighted by molar-refractivity contribution is 0.355. The number of hydrogen-bond donors (Lipinski definition) is 1. The summed E-state index contributed by atoms with van der Waals surface area (Å²) in [6, 6.07) is 4.86. The topological polar surface area (TPSA) is 64.6 Å². The van der Waals surface area contributed by atoms with Gasteiger partial charge in [0.2, 0.25) is 0 Å². The quantitative estimate of drug-likeness (QED) is 0.820. The smallest absolute Gasteiger partial charge is 0.326 e. The normalized spacial score (nSPS) is 11.5. The number of methoxy groups -OCH3 is 2. The van der Waals surface area contributed by atoms with Crippen LogP contribution in [0, 0.1) is 0 Å². The van der Waals surface area contributed by atoms with Crippen molar-refractivity contribution in [1.29, 1.82) is 0 Å². The Hall–Kier alpha value is -1.76. The first kappa shape index (κ1) is 13.3. The summed E-state index contributed by atoms with van der Waals surface area (Å²) in [5, 5.41) is 3.01. The molecule has 1 aromatic carbocycles. The van der Waals surface area contributed by atoms with Gasteiger partial charge in [0.15, 0.2) is 11.5 Å². The highest BCUT2D eigenvalue weighted by molar-refractivity contribution is 7.89. The van der Waals surface area contributed by atoms with Crippen LogP contribution in [0.1, 0.15) is 0 Å². The summed E-state index contributed by atoms with van der Waals surface area (Å²) in [5.41, 5.74) is 0.544. The number of ether oxygens (including phenoxy) is 2. The summed E-state index contributed by atoms with van der Waals surface area (Å²) in [4.78, 5) is 0. The Balaban J connectivity index is 2.83. The Morgan fingerprint density at radius 3 is 2.41 bits per heavy atom. The minimum absolute atomic E-state index is 0.420. The molecular weight excluding hydrogens is 249 g/mol. The van der Waals surface area contributed by atoms with Gasteiger partial charge in [-0.25, -0.2) is 0 Å². The SMILES string of the molecule is COc1ccc(NC=CS(=O)(=O)F)cc1OC. The van der Waals surface area contributed by atoms with E-state index in [4.69, 9.17) is 9.47 Å². The van der Waals surface area contributed by atoms with E-state index in [1.807, 2.05) is 0 Å². The lowest BCUT2D eigenvalue weighted by Crippen LogP contribution is -1.94. The lowest BCUT2D eigenvalue weighted by Gasteiger charge is -2.09. The maximum absolute atomic E-state index is 12.2. The first-order chi connectivity index (χ1) is 7.96. The summed E-state index contributed by atoms with van der Waals surface area (Å²) < 4.78 is 42.6. The van der Waals surface area contributed by atoms with Gasteiger partial charge in [-0.05, 0) is 12.1 Å². The van der Waals surface area contributed by atoms with Gasteiger partial charge in [0.25, 0.3) is 0 Å². The zero-order valence-corrected chi connectivity index (χ0v) is 10.1. The first-order valence-corrected chi connectivity index (χ1v) is 6.00. The maximum Gasteiger partial charge on any atom is 0.326 e. The molecule has 94 valence electrons. The van der Waals surface area contributed by atoms with Crippen molar-refractivity contribution in [2.45, 2.75) is 0 Å². The van der Waals surface area contributed by atoms with E-state index in [0.717, 1.165) is 6.20 Å². The molecule has 17 heavy (non-hydrogen) atoms. The average Bonchev–Trinajstić information content (AvgIpc) is 2.27. The van der Waals surface area contributed by atoms with Crippen LogP contribution in [0.15, 0.2) is 29.8 Å². The Bertz CT molecular complexity index is 513. The van der Waals surface area contributed by atoms with E-state index in [1.165, 1.54) is 14.2 Å². The molecule has 0 saturated heterocycles. The van der Waals surface area contributed by atoms with Crippen LogP contribution in [-0.4, -0.2) is 22.6 Å². The van der Waals surface area contributed by atoms with Gasteiger partial charge in [0, 0.05) is 18.0 Å². The second-order valence-corrected chi connectivity index (χ2v) is 4.22. The standard InChI is InChI=1S/C10H12FNO4S/c1-15-9-4-3-8(7-10(9)16-2)12-5-6-17(11,13)14/h3-7,12H,1-2H3. The van der Waals surface area contributed by atoms with Crippen molar-refractivity contribution >= 4 is 15.9 Å². The summed E-state index contributed by atoms with van der Waals surface area (Å²) in [6.45, 7) is 0. The molecular formula is C10H12FNO4S. The molecule has 0 aromatic heterocycles. The van der Waals surface area contributed by atoms with Crippen LogP contribution in [0.3, 0.4) is 0 Å². The van der Waals surface area contributed by atoms with E-state index in [1.54, 1.807) is 18.2 Å². The van der Waals surface area contributed by atoms with Gasteiger partial charge in [0.05, 0.1) is 19.6 Å². The van der Waals surface area contributed by atoms with Crippen molar-refractivity contribution < 1.29 is 21.8 Å². The second-order valence-electron chi connectivity index (χ2n) is 2.99. The van der Waals surface area contributed by atoms with Crippen LogP contribution < -0.4 is 14.8 Å². The predicted octanol–water partition coefficient (Wildman–Crippen LogP) is 1.89. The van der Waals surface area contributed by atoms with Gasteiger partial charge in [-0.3, -0.25) is 0 Å². The van der Waals surface area contributed by atoms with Gasteiger partial charge < -0.3 is 14.8 Å². The van der Waals surface area contributed by atoms with Crippen LogP contribution >= 0.6 is 0 Å². The molecule has 0 bridgehead atoms. The van der Waals surface area contributed by atoms with Crippen LogP contribution in [0.2, 0.25) is 0 Å². The molecule has 0 amide bonds. The third-order valence-electron chi connectivity index (χ3n) is 1.86. The molecule has 0 fully saturated rings. The molecule has 0 heterocycles. The highest BCUT2D eigenvalue weighted by atomic mass is 32.3. The second kappa shape index (κ2) is 5.53. The third kappa shape index (κ3) is 4.31. The molecule has 0 unspecified atom stereocenters. The molecule has 0 aliphatic heterocycles. The van der Waals surface area contributed by atoms with Crippen LogP contribution in [0.25, 0.3) is 0 Å². The van der Waals surface area contributed by atoms with Crippen molar-refractivity contribution in [3.63, 3.8) is 0 Å². The zero-order chi connectivity index (χ0) is 12.9. The summed E-state index contributed by atoms with van der Waals surface area (Å²) >= 11 is 0. The fraction of sp³-hybridized carbons (Fsp3) is 0.200. The maximum atomic E-state index is 12.2. The van der Waals surface area contributed by atoms with Crippen LogP contribution in [0.5, 0.6) is 11.5 Å². The minimum Gasteiger partial charge on any atom is -0.493 e. The Morgan fingerprint density at radius 2 is 1.88 bits per heavy atom. The highest BCUT2D eigenvalue weighted by Gasteiger charge is 2.03. The number of hydrogen-bond acceptors (Lipinski definition) is 5. The van der Waals surface area contributed by atoms with Gasteiger partial charge in [-0.2, -0.15) is 8.42 Å². The minimum atomic E-state index is -4.62. The largest absolute Gasteiger partial charge is 0.493 e. The predicted molar refractivity (Wildman–Crippen MR) is 62.3 cm³/mol. The van der Waals surface area contributed by atoms with E-state index in [9.17, 15) is 12.3 Å². The van der Waals surface area contributed by atoms with E-state index in [2.05, 4.69) is 5.32 Å². The molecule has 0 radical (unpaired) electrons. The first-order valence-electron chi connectivity index (χ1n) is 4.56. The van der Waals surface area contributed by atoms with Crippen LogP contribution in [-0.2, 0) is 10.2 Å². The number of halogens is 1. The van der Waals surface area contributed by atoms with Gasteiger partial charge >= 0.3 is 10.2 Å². The van der Waals surface area contributed by atoms with Crippen molar-refractivity contribution in [2.75, 3.05) is 19.5 Å². The molecule has 1 rings (SSSR count). The van der Waals surface area contributed by atoms with Crippen molar-refractivity contribution in [3.05, 3.63) is 29.8 Å².